The summed E-state index contributed by atoms with van der Waals surface area (Å²) in [5.74, 6) is -0.420. The lowest BCUT2D eigenvalue weighted by molar-refractivity contribution is -0.145. The first-order chi connectivity index (χ1) is 23.3. The van der Waals surface area contributed by atoms with Crippen molar-refractivity contribution in [3.8, 4) is 0 Å². The second-order valence-corrected chi connectivity index (χ2v) is 14.7. The molecule has 0 N–H and O–H groups in total. The van der Waals surface area contributed by atoms with Crippen molar-refractivity contribution in [1.29, 1.82) is 0 Å². The van der Waals surface area contributed by atoms with Crippen LogP contribution in [0, 0.1) is 0 Å². The first-order valence-corrected chi connectivity index (χ1v) is 18.3. The van der Waals surface area contributed by atoms with Gasteiger partial charge in [0.25, 0.3) is 5.91 Å². The molecule has 3 saturated heterocycles. The Morgan fingerprint density at radius 1 is 0.857 bits per heavy atom. The van der Waals surface area contributed by atoms with Crippen LogP contribution >= 0.6 is 23.2 Å². The summed E-state index contributed by atoms with van der Waals surface area (Å²) in [4.78, 5) is 47.4. The van der Waals surface area contributed by atoms with Gasteiger partial charge < -0.3 is 14.7 Å². The van der Waals surface area contributed by atoms with Crippen molar-refractivity contribution in [3.05, 3.63) is 63.6 Å². The molecule has 0 radical (unpaired) electrons. The largest absolute Gasteiger partial charge is 0.416 e. The molecule has 5 rings (SSSR count). The maximum atomic E-state index is 14.0. The zero-order valence-electron chi connectivity index (χ0n) is 28.5. The van der Waals surface area contributed by atoms with E-state index in [0.717, 1.165) is 62.8 Å². The molecule has 3 fully saturated rings. The molecule has 0 aromatic heterocycles. The Kier molecular flexibility index (Phi) is 11.9. The number of imide groups is 1. The third kappa shape index (κ3) is 8.07. The number of nitrogens with zero attached hydrogens (tertiary/aromatic N) is 4. The van der Waals surface area contributed by atoms with Crippen molar-refractivity contribution in [2.24, 2.45) is 0 Å². The molecule has 12 heteroatoms. The molecule has 0 aliphatic carbocycles. The summed E-state index contributed by atoms with van der Waals surface area (Å²) in [6, 6.07) is 10.8. The quantitative estimate of drug-likeness (QED) is 0.221. The molecule has 1 unspecified atom stereocenters. The zero-order valence-corrected chi connectivity index (χ0v) is 30.0. The molecule has 49 heavy (non-hydrogen) atoms. The van der Waals surface area contributed by atoms with Crippen LogP contribution in [0.5, 0.6) is 0 Å². The van der Waals surface area contributed by atoms with E-state index in [-0.39, 0.29) is 36.2 Å². The Bertz CT molecular complexity index is 1510. The SMILES string of the molecule is CCCCC(=O)N1CCC(CCCN2CCC3(CC2)C(=O)N(C(=O)CCCC)CN3c2cccc(C(F)(F)F)c2)(c2ccc(Cl)c(Cl)c2)C1. The molecule has 268 valence electrons. The maximum absolute atomic E-state index is 14.0. The van der Waals surface area contributed by atoms with Gasteiger partial charge in [-0.15, -0.1) is 0 Å². The van der Waals surface area contributed by atoms with E-state index in [9.17, 15) is 27.6 Å². The van der Waals surface area contributed by atoms with Crippen LogP contribution in [0.1, 0.15) is 95.6 Å². The molecule has 1 spiro atoms. The fraction of sp³-hybridized carbons (Fsp3) is 0.595. The average Bonchev–Trinajstić information content (AvgIpc) is 3.64. The van der Waals surface area contributed by atoms with Crippen molar-refractivity contribution in [1.82, 2.24) is 14.7 Å². The van der Waals surface area contributed by atoms with Crippen LogP contribution in [0.4, 0.5) is 18.9 Å². The van der Waals surface area contributed by atoms with Gasteiger partial charge in [0.15, 0.2) is 0 Å². The number of hydrogen-bond donors (Lipinski definition) is 0. The third-order valence-corrected chi connectivity index (χ3v) is 11.5. The average molecular weight is 724 g/mol. The van der Waals surface area contributed by atoms with Gasteiger partial charge in [-0.1, -0.05) is 62.0 Å². The molecule has 1 atom stereocenters. The van der Waals surface area contributed by atoms with Gasteiger partial charge in [-0.3, -0.25) is 19.3 Å². The highest BCUT2D eigenvalue weighted by Gasteiger charge is 2.55. The number of anilines is 1. The molecule has 3 heterocycles. The molecule has 2 aromatic carbocycles. The van der Waals surface area contributed by atoms with E-state index in [4.69, 9.17) is 23.2 Å². The van der Waals surface area contributed by atoms with Crippen molar-refractivity contribution in [2.75, 3.05) is 44.3 Å². The second kappa shape index (κ2) is 15.6. The normalized spacial score (nSPS) is 21.3. The Labute approximate surface area is 297 Å². The first kappa shape index (κ1) is 37.4. The third-order valence-electron chi connectivity index (χ3n) is 10.8. The highest BCUT2D eigenvalue weighted by atomic mass is 35.5. The summed E-state index contributed by atoms with van der Waals surface area (Å²) in [5.41, 5.74) is -0.756. The van der Waals surface area contributed by atoms with Crippen LogP contribution in [0.2, 0.25) is 10.0 Å². The van der Waals surface area contributed by atoms with E-state index in [1.807, 2.05) is 30.0 Å². The van der Waals surface area contributed by atoms with Crippen LogP contribution in [0.25, 0.3) is 0 Å². The van der Waals surface area contributed by atoms with E-state index in [1.54, 1.807) is 11.0 Å². The smallest absolute Gasteiger partial charge is 0.342 e. The van der Waals surface area contributed by atoms with Crippen molar-refractivity contribution in [3.63, 3.8) is 0 Å². The molecule has 2 aromatic rings. The summed E-state index contributed by atoms with van der Waals surface area (Å²) >= 11 is 12.7. The first-order valence-electron chi connectivity index (χ1n) is 17.6. The number of benzene rings is 2. The maximum Gasteiger partial charge on any atom is 0.416 e. The number of amides is 3. The van der Waals surface area contributed by atoms with Crippen LogP contribution in [0.15, 0.2) is 42.5 Å². The van der Waals surface area contributed by atoms with Crippen molar-refractivity contribution < 1.29 is 27.6 Å². The van der Waals surface area contributed by atoms with Gasteiger partial charge in [0.05, 0.1) is 15.6 Å². The van der Waals surface area contributed by atoms with Gasteiger partial charge in [0.1, 0.15) is 12.2 Å². The number of piperidine rings is 1. The molecular weight excluding hydrogens is 676 g/mol. The van der Waals surface area contributed by atoms with Crippen LogP contribution in [0.3, 0.4) is 0 Å². The van der Waals surface area contributed by atoms with E-state index in [1.165, 1.54) is 11.0 Å². The van der Waals surface area contributed by atoms with Gasteiger partial charge in [-0.05, 0) is 87.4 Å². The summed E-state index contributed by atoms with van der Waals surface area (Å²) in [6.45, 7) is 7.21. The monoisotopic (exact) mass is 722 g/mol. The van der Waals surface area contributed by atoms with E-state index in [2.05, 4.69) is 11.8 Å². The molecule has 0 saturated carbocycles. The number of alkyl halides is 3. The molecule has 3 aliphatic rings. The van der Waals surface area contributed by atoms with E-state index in [0.29, 0.717) is 67.6 Å². The number of hydrogen-bond acceptors (Lipinski definition) is 5. The Hall–Kier alpha value is -2.82. The molecule has 3 amide bonds. The van der Waals surface area contributed by atoms with Gasteiger partial charge in [-0.25, -0.2) is 0 Å². The fourth-order valence-electron chi connectivity index (χ4n) is 7.79. The Morgan fingerprint density at radius 3 is 2.20 bits per heavy atom. The highest BCUT2D eigenvalue weighted by Crippen LogP contribution is 2.43. The van der Waals surface area contributed by atoms with Crippen LogP contribution < -0.4 is 4.90 Å². The zero-order chi connectivity index (χ0) is 35.4. The predicted molar refractivity (Wildman–Crippen MR) is 187 cm³/mol. The minimum absolute atomic E-state index is 0.0532. The molecule has 3 aliphatic heterocycles. The number of likely N-dealkylation sites (tertiary alicyclic amines) is 2. The number of unbranched alkanes of at least 4 members (excludes halogenated alkanes) is 2. The van der Waals surface area contributed by atoms with Gasteiger partial charge in [-0.2, -0.15) is 13.2 Å². The summed E-state index contributed by atoms with van der Waals surface area (Å²) in [6.07, 6.45) is 2.81. The van der Waals surface area contributed by atoms with Crippen molar-refractivity contribution >= 4 is 46.6 Å². The van der Waals surface area contributed by atoms with E-state index >= 15 is 0 Å². The molecule has 0 bridgehead atoms. The van der Waals surface area contributed by atoms with Gasteiger partial charge >= 0.3 is 6.18 Å². The predicted octanol–water partition coefficient (Wildman–Crippen LogP) is 8.31. The summed E-state index contributed by atoms with van der Waals surface area (Å²) < 4.78 is 41.1. The van der Waals surface area contributed by atoms with Crippen LogP contribution in [-0.4, -0.2) is 77.4 Å². The van der Waals surface area contributed by atoms with Crippen molar-refractivity contribution in [2.45, 2.75) is 102 Å². The standard InChI is InChI=1S/C37H47Cl2F3N4O3/c1-3-5-11-32(47)44-22-16-35(25-44,27-13-14-30(38)31(39)24-27)15-8-19-43-20-17-36(18-21-43)34(49)45(33(48)12-6-4-2)26-46(36)29-10-7-9-28(23-29)37(40,41)42/h7,9-10,13-14,23-24H,3-6,8,11-12,15-22,25-26H2,1-2H3. The topological polar surface area (TPSA) is 64.2 Å². The Morgan fingerprint density at radius 2 is 1.55 bits per heavy atom. The lowest BCUT2D eigenvalue weighted by atomic mass is 9.76. The van der Waals surface area contributed by atoms with Gasteiger partial charge in [0, 0.05) is 50.1 Å². The number of carbonyl (C=O) groups is 3. The number of rotatable bonds is 12. The van der Waals surface area contributed by atoms with Gasteiger partial charge in [0.2, 0.25) is 11.8 Å². The lowest BCUT2D eigenvalue weighted by Crippen LogP contribution is -2.56. The van der Waals surface area contributed by atoms with E-state index < -0.39 is 17.3 Å². The number of carbonyl (C=O) groups excluding carboxylic acids is 3. The summed E-state index contributed by atoms with van der Waals surface area (Å²) in [5, 5.41) is 0.979. The molecular formula is C37H47Cl2F3N4O3. The van der Waals surface area contributed by atoms with Crippen LogP contribution in [-0.2, 0) is 26.0 Å². The number of halogens is 5. The molecule has 7 nitrogen and oxygen atoms in total. The fourth-order valence-corrected chi connectivity index (χ4v) is 8.09. The lowest BCUT2D eigenvalue weighted by Gasteiger charge is -2.43. The second-order valence-electron chi connectivity index (χ2n) is 13.9. The highest BCUT2D eigenvalue weighted by molar-refractivity contribution is 6.42. The summed E-state index contributed by atoms with van der Waals surface area (Å²) in [7, 11) is 0. The minimum Gasteiger partial charge on any atom is -0.342 e. The minimum atomic E-state index is -4.53. The Balaban J connectivity index is 1.30.